The minimum Gasteiger partial charge on any atom is -0.497 e. The highest BCUT2D eigenvalue weighted by Crippen LogP contribution is 2.26. The molecular formula is C21H31N3O. The van der Waals surface area contributed by atoms with Crippen molar-refractivity contribution < 1.29 is 4.74 Å². The first-order valence-corrected chi connectivity index (χ1v) is 9.92. The van der Waals surface area contributed by atoms with Gasteiger partial charge in [0.25, 0.3) is 0 Å². The fourth-order valence-electron chi connectivity index (χ4n) is 3.78. The van der Waals surface area contributed by atoms with Crippen LogP contribution in [0.3, 0.4) is 0 Å². The second-order valence-electron chi connectivity index (χ2n) is 7.21. The number of methoxy groups -OCH3 is 1. The van der Waals surface area contributed by atoms with Crippen molar-refractivity contribution in [1.82, 2.24) is 9.97 Å². The van der Waals surface area contributed by atoms with Crippen LogP contribution in [0.5, 0.6) is 5.75 Å². The van der Waals surface area contributed by atoms with Crippen LogP contribution in [-0.2, 0) is 0 Å². The molecule has 0 aliphatic heterocycles. The van der Waals surface area contributed by atoms with Crippen LogP contribution in [-0.4, -0.2) is 23.1 Å². The molecule has 25 heavy (non-hydrogen) atoms. The summed E-state index contributed by atoms with van der Waals surface area (Å²) in [6, 6.07) is 6.49. The molecule has 0 amide bonds. The van der Waals surface area contributed by atoms with Crippen molar-refractivity contribution in [2.75, 3.05) is 12.4 Å². The van der Waals surface area contributed by atoms with Crippen molar-refractivity contribution in [3.05, 3.63) is 24.5 Å². The number of ether oxygens (including phenoxy) is 1. The van der Waals surface area contributed by atoms with Gasteiger partial charge >= 0.3 is 0 Å². The van der Waals surface area contributed by atoms with Crippen molar-refractivity contribution in [3.8, 4) is 5.75 Å². The van der Waals surface area contributed by atoms with Crippen molar-refractivity contribution >= 4 is 16.7 Å². The van der Waals surface area contributed by atoms with E-state index in [0.717, 1.165) is 22.5 Å². The largest absolute Gasteiger partial charge is 0.497 e. The molecule has 0 bridgehead atoms. The number of nitrogens with one attached hydrogen (secondary N) is 1. The average molecular weight is 341 g/mol. The Morgan fingerprint density at radius 3 is 2.16 bits per heavy atom. The molecule has 1 aliphatic carbocycles. The summed E-state index contributed by atoms with van der Waals surface area (Å²) < 4.78 is 5.38. The van der Waals surface area contributed by atoms with E-state index in [4.69, 9.17) is 4.74 Å². The van der Waals surface area contributed by atoms with Gasteiger partial charge in [-0.2, -0.15) is 0 Å². The SMILES string of the molecule is COc1ccc2ncnc(NC3CCCCCCCCCCC3)c2c1. The van der Waals surface area contributed by atoms with Gasteiger partial charge in [0.05, 0.1) is 12.6 Å². The summed E-state index contributed by atoms with van der Waals surface area (Å²) >= 11 is 0. The standard InChI is InChI=1S/C21H31N3O/c1-25-18-13-14-20-19(15-18)21(23-16-22-20)24-17-11-9-7-5-3-2-4-6-8-10-12-17/h13-17H,2-12H2,1H3,(H,22,23,24). The lowest BCUT2D eigenvalue weighted by atomic mass is 9.98. The molecular weight excluding hydrogens is 310 g/mol. The number of hydrogen-bond acceptors (Lipinski definition) is 4. The van der Waals surface area contributed by atoms with Crippen LogP contribution < -0.4 is 10.1 Å². The fraction of sp³-hybridized carbons (Fsp3) is 0.619. The van der Waals surface area contributed by atoms with Crippen molar-refractivity contribution in [2.45, 2.75) is 76.7 Å². The molecule has 1 aliphatic rings. The monoisotopic (exact) mass is 341 g/mol. The molecule has 4 nitrogen and oxygen atoms in total. The molecule has 0 atom stereocenters. The number of anilines is 1. The van der Waals surface area contributed by atoms with Gasteiger partial charge in [-0.05, 0) is 31.0 Å². The van der Waals surface area contributed by atoms with Gasteiger partial charge in [0, 0.05) is 11.4 Å². The molecule has 1 N–H and O–H groups in total. The highest BCUT2D eigenvalue weighted by Gasteiger charge is 2.13. The second kappa shape index (κ2) is 9.59. The normalized spacial score (nSPS) is 18.3. The molecule has 0 spiro atoms. The van der Waals surface area contributed by atoms with E-state index in [1.54, 1.807) is 13.4 Å². The van der Waals surface area contributed by atoms with Crippen LogP contribution in [0.4, 0.5) is 5.82 Å². The summed E-state index contributed by atoms with van der Waals surface area (Å²) in [4.78, 5) is 8.92. The Hall–Kier alpha value is -1.84. The van der Waals surface area contributed by atoms with E-state index in [9.17, 15) is 0 Å². The van der Waals surface area contributed by atoms with E-state index in [0.29, 0.717) is 6.04 Å². The predicted molar refractivity (Wildman–Crippen MR) is 104 cm³/mol. The van der Waals surface area contributed by atoms with Crippen LogP contribution in [0, 0.1) is 0 Å². The van der Waals surface area contributed by atoms with Crippen LogP contribution in [0.1, 0.15) is 70.6 Å². The maximum Gasteiger partial charge on any atom is 0.137 e. The quantitative estimate of drug-likeness (QED) is 0.775. The first kappa shape index (κ1) is 18.0. The van der Waals surface area contributed by atoms with Gasteiger partial charge in [0.1, 0.15) is 17.9 Å². The second-order valence-corrected chi connectivity index (χ2v) is 7.21. The minimum absolute atomic E-state index is 0.503. The Balaban J connectivity index is 1.72. The third kappa shape index (κ3) is 5.32. The number of aromatic nitrogens is 2. The third-order valence-electron chi connectivity index (χ3n) is 5.29. The Morgan fingerprint density at radius 1 is 0.880 bits per heavy atom. The lowest BCUT2D eigenvalue weighted by Gasteiger charge is -2.21. The summed E-state index contributed by atoms with van der Waals surface area (Å²) in [5, 5.41) is 4.77. The molecule has 136 valence electrons. The summed E-state index contributed by atoms with van der Waals surface area (Å²) in [5.74, 6) is 1.80. The van der Waals surface area contributed by atoms with E-state index in [1.165, 1.54) is 70.6 Å². The number of rotatable bonds is 3. The molecule has 1 aromatic carbocycles. The van der Waals surface area contributed by atoms with Crippen molar-refractivity contribution in [2.24, 2.45) is 0 Å². The zero-order valence-electron chi connectivity index (χ0n) is 15.5. The molecule has 0 radical (unpaired) electrons. The Bertz CT molecular complexity index is 647. The first-order chi connectivity index (χ1) is 12.4. The molecule has 1 heterocycles. The van der Waals surface area contributed by atoms with Crippen molar-refractivity contribution in [3.63, 3.8) is 0 Å². The van der Waals surface area contributed by atoms with E-state index in [1.807, 2.05) is 18.2 Å². The Morgan fingerprint density at radius 2 is 1.52 bits per heavy atom. The van der Waals surface area contributed by atoms with Gasteiger partial charge in [-0.25, -0.2) is 9.97 Å². The van der Waals surface area contributed by atoms with Crippen molar-refractivity contribution in [1.29, 1.82) is 0 Å². The number of fused-ring (bicyclic) bond motifs is 1. The predicted octanol–water partition coefficient (Wildman–Crippen LogP) is 5.72. The maximum atomic E-state index is 5.38. The van der Waals surface area contributed by atoms with Crippen LogP contribution in [0.15, 0.2) is 24.5 Å². The molecule has 1 fully saturated rings. The van der Waals surface area contributed by atoms with E-state index in [2.05, 4.69) is 15.3 Å². The Labute approximate surface area is 151 Å². The van der Waals surface area contributed by atoms with Crippen LogP contribution in [0.25, 0.3) is 10.9 Å². The third-order valence-corrected chi connectivity index (χ3v) is 5.29. The molecule has 1 aromatic heterocycles. The number of nitrogens with zero attached hydrogens (tertiary/aromatic N) is 2. The summed E-state index contributed by atoms with van der Waals surface area (Å²) in [6.07, 6.45) is 16.5. The maximum absolute atomic E-state index is 5.38. The van der Waals surface area contributed by atoms with Crippen LogP contribution in [0.2, 0.25) is 0 Å². The first-order valence-electron chi connectivity index (χ1n) is 9.92. The van der Waals surface area contributed by atoms with Gasteiger partial charge < -0.3 is 10.1 Å². The zero-order valence-corrected chi connectivity index (χ0v) is 15.5. The lowest BCUT2D eigenvalue weighted by Crippen LogP contribution is -2.20. The van der Waals surface area contributed by atoms with E-state index < -0.39 is 0 Å². The molecule has 2 aromatic rings. The summed E-state index contributed by atoms with van der Waals surface area (Å²) in [5.41, 5.74) is 0.964. The van der Waals surface area contributed by atoms with Gasteiger partial charge in [-0.1, -0.05) is 57.8 Å². The Kier molecular flexibility index (Phi) is 6.89. The number of benzene rings is 1. The van der Waals surface area contributed by atoms with Gasteiger partial charge in [0.15, 0.2) is 0 Å². The van der Waals surface area contributed by atoms with Gasteiger partial charge in [0.2, 0.25) is 0 Å². The molecule has 1 saturated carbocycles. The number of hydrogen-bond donors (Lipinski definition) is 1. The smallest absolute Gasteiger partial charge is 0.137 e. The minimum atomic E-state index is 0.503. The van der Waals surface area contributed by atoms with E-state index >= 15 is 0 Å². The van der Waals surface area contributed by atoms with Gasteiger partial charge in [-0.3, -0.25) is 0 Å². The fourth-order valence-corrected chi connectivity index (χ4v) is 3.78. The van der Waals surface area contributed by atoms with Crippen LogP contribution >= 0.6 is 0 Å². The topological polar surface area (TPSA) is 47.0 Å². The molecule has 0 unspecified atom stereocenters. The summed E-state index contributed by atoms with van der Waals surface area (Å²) in [7, 11) is 1.70. The summed E-state index contributed by atoms with van der Waals surface area (Å²) in [6.45, 7) is 0. The van der Waals surface area contributed by atoms with E-state index in [-0.39, 0.29) is 0 Å². The molecule has 0 saturated heterocycles. The lowest BCUT2D eigenvalue weighted by molar-refractivity contribution is 0.415. The molecule has 3 rings (SSSR count). The van der Waals surface area contributed by atoms with Gasteiger partial charge in [-0.15, -0.1) is 0 Å². The highest BCUT2D eigenvalue weighted by molar-refractivity contribution is 5.90. The highest BCUT2D eigenvalue weighted by atomic mass is 16.5. The average Bonchev–Trinajstić information content (AvgIpc) is 2.64. The molecule has 4 heteroatoms. The zero-order chi connectivity index (χ0) is 17.3.